The van der Waals surface area contributed by atoms with Gasteiger partial charge in [-0.25, -0.2) is 4.98 Å². The predicted molar refractivity (Wildman–Crippen MR) is 79.4 cm³/mol. The van der Waals surface area contributed by atoms with Crippen molar-refractivity contribution in [1.29, 1.82) is 0 Å². The summed E-state index contributed by atoms with van der Waals surface area (Å²) >= 11 is 1.43. The number of pyridine rings is 1. The van der Waals surface area contributed by atoms with Crippen molar-refractivity contribution in [3.05, 3.63) is 35.6 Å². The van der Waals surface area contributed by atoms with Crippen LogP contribution in [0.1, 0.15) is 41.0 Å². The van der Waals surface area contributed by atoms with E-state index in [1.54, 1.807) is 18.3 Å². The molecule has 0 aliphatic carbocycles. The third kappa shape index (κ3) is 3.28. The topological polar surface area (TPSA) is 90.1 Å². The number of nitrogens with zero attached hydrogens (tertiary/aromatic N) is 3. The van der Waals surface area contributed by atoms with Crippen LogP contribution >= 0.6 is 11.8 Å². The van der Waals surface area contributed by atoms with Crippen molar-refractivity contribution < 1.29 is 14.1 Å². The van der Waals surface area contributed by atoms with Gasteiger partial charge >= 0.3 is 0 Å². The Labute approximate surface area is 131 Å². The van der Waals surface area contributed by atoms with Crippen molar-refractivity contribution in [2.75, 3.05) is 12.9 Å². The van der Waals surface area contributed by atoms with Crippen LogP contribution in [0.5, 0.6) is 0 Å². The normalized spacial score (nSPS) is 17.6. The van der Waals surface area contributed by atoms with Gasteiger partial charge in [0.25, 0.3) is 11.8 Å². The van der Waals surface area contributed by atoms with E-state index in [1.165, 1.54) is 11.8 Å². The van der Waals surface area contributed by atoms with Gasteiger partial charge in [0, 0.05) is 12.8 Å². The smallest absolute Gasteiger partial charge is 0.255 e. The Hall–Kier alpha value is -1.93. The molecule has 0 saturated carbocycles. The first-order valence-electron chi connectivity index (χ1n) is 6.99. The molecule has 2 aromatic rings. The van der Waals surface area contributed by atoms with Gasteiger partial charge in [0.2, 0.25) is 0 Å². The number of thioether (sulfide) groups is 1. The minimum Gasteiger partial charge on any atom is -0.368 e. The molecule has 0 aromatic carbocycles. The van der Waals surface area contributed by atoms with Crippen LogP contribution in [0.15, 0.2) is 27.9 Å². The van der Waals surface area contributed by atoms with Crippen molar-refractivity contribution in [3.63, 3.8) is 0 Å². The summed E-state index contributed by atoms with van der Waals surface area (Å²) < 4.78 is 10.7. The first-order chi connectivity index (χ1) is 10.8. The van der Waals surface area contributed by atoms with E-state index in [4.69, 9.17) is 9.26 Å². The van der Waals surface area contributed by atoms with Crippen LogP contribution in [-0.2, 0) is 11.3 Å². The van der Waals surface area contributed by atoms with E-state index in [9.17, 15) is 4.79 Å². The van der Waals surface area contributed by atoms with Crippen LogP contribution in [0.3, 0.4) is 0 Å². The predicted octanol–water partition coefficient (Wildman–Crippen LogP) is 1.97. The van der Waals surface area contributed by atoms with Gasteiger partial charge in [-0.1, -0.05) is 5.16 Å². The summed E-state index contributed by atoms with van der Waals surface area (Å²) in [5.74, 6) is 0.710. The van der Waals surface area contributed by atoms with Crippen molar-refractivity contribution in [2.45, 2.75) is 30.5 Å². The molecule has 2 aromatic heterocycles. The summed E-state index contributed by atoms with van der Waals surface area (Å²) in [5, 5.41) is 7.33. The first kappa shape index (κ1) is 15.0. The maximum absolute atomic E-state index is 12.2. The molecule has 1 aliphatic heterocycles. The largest absolute Gasteiger partial charge is 0.368 e. The van der Waals surface area contributed by atoms with Crippen molar-refractivity contribution in [3.8, 4) is 0 Å². The molecule has 1 unspecified atom stereocenters. The molecule has 116 valence electrons. The maximum atomic E-state index is 12.2. The number of nitrogens with one attached hydrogen (secondary N) is 1. The number of amides is 1. The van der Waals surface area contributed by atoms with Gasteiger partial charge in [-0.2, -0.15) is 4.98 Å². The number of carbonyl (C=O) groups excluding carboxylic acids is 1. The molecule has 3 heterocycles. The lowest BCUT2D eigenvalue weighted by Crippen LogP contribution is -2.24. The lowest BCUT2D eigenvalue weighted by Gasteiger charge is -2.05. The SMILES string of the molecule is CSc1ncccc1C(=O)NCc1noc(C2CCCO2)n1. The van der Waals surface area contributed by atoms with Gasteiger partial charge < -0.3 is 14.6 Å². The summed E-state index contributed by atoms with van der Waals surface area (Å²) in [6.07, 6.45) is 5.32. The van der Waals surface area contributed by atoms with E-state index in [0.29, 0.717) is 22.3 Å². The third-order valence-corrected chi connectivity index (χ3v) is 4.02. The Morgan fingerprint density at radius 2 is 2.45 bits per heavy atom. The highest BCUT2D eigenvalue weighted by molar-refractivity contribution is 7.98. The number of carbonyl (C=O) groups is 1. The molecule has 1 fully saturated rings. The van der Waals surface area contributed by atoms with Gasteiger partial charge in [-0.3, -0.25) is 4.79 Å². The average Bonchev–Trinajstić information content (AvgIpc) is 3.23. The fourth-order valence-corrected chi connectivity index (χ4v) is 2.77. The molecule has 7 nitrogen and oxygen atoms in total. The second kappa shape index (κ2) is 6.89. The van der Waals surface area contributed by atoms with Gasteiger partial charge in [0.15, 0.2) is 5.82 Å². The van der Waals surface area contributed by atoms with E-state index in [1.807, 2.05) is 6.26 Å². The van der Waals surface area contributed by atoms with Crippen LogP contribution < -0.4 is 5.32 Å². The Balaban J connectivity index is 1.61. The van der Waals surface area contributed by atoms with Gasteiger partial charge in [-0.05, 0) is 31.2 Å². The number of hydrogen-bond donors (Lipinski definition) is 1. The lowest BCUT2D eigenvalue weighted by molar-refractivity contribution is 0.0835. The quantitative estimate of drug-likeness (QED) is 0.842. The summed E-state index contributed by atoms with van der Waals surface area (Å²) in [6, 6.07) is 3.47. The van der Waals surface area contributed by atoms with Crippen LogP contribution in [-0.4, -0.2) is 33.9 Å². The molecule has 1 N–H and O–H groups in total. The molecule has 1 aliphatic rings. The zero-order chi connectivity index (χ0) is 15.4. The number of hydrogen-bond acceptors (Lipinski definition) is 7. The maximum Gasteiger partial charge on any atom is 0.255 e. The van der Waals surface area contributed by atoms with Crippen molar-refractivity contribution >= 4 is 17.7 Å². The summed E-state index contributed by atoms with van der Waals surface area (Å²) in [5.41, 5.74) is 0.540. The van der Waals surface area contributed by atoms with Crippen LogP contribution in [0.4, 0.5) is 0 Å². The van der Waals surface area contributed by atoms with E-state index < -0.39 is 0 Å². The monoisotopic (exact) mass is 320 g/mol. The molecule has 22 heavy (non-hydrogen) atoms. The number of aromatic nitrogens is 3. The zero-order valence-electron chi connectivity index (χ0n) is 12.1. The standard InChI is InChI=1S/C14H16N4O3S/c1-22-14-9(4-2-6-15-14)12(19)16-8-11-17-13(21-18-11)10-5-3-7-20-10/h2,4,6,10H,3,5,7-8H2,1H3,(H,16,19). The number of ether oxygens (including phenoxy) is 1. The Bertz CT molecular complexity index is 655. The fourth-order valence-electron chi connectivity index (χ4n) is 2.22. The van der Waals surface area contributed by atoms with E-state index in [2.05, 4.69) is 20.4 Å². The molecule has 0 bridgehead atoms. The molecule has 1 saturated heterocycles. The van der Waals surface area contributed by atoms with Crippen LogP contribution in [0, 0.1) is 0 Å². The second-order valence-electron chi connectivity index (χ2n) is 4.79. The highest BCUT2D eigenvalue weighted by Gasteiger charge is 2.24. The molecular formula is C14H16N4O3S. The molecule has 1 atom stereocenters. The van der Waals surface area contributed by atoms with E-state index in [0.717, 1.165) is 19.4 Å². The van der Waals surface area contributed by atoms with Crippen molar-refractivity contribution in [1.82, 2.24) is 20.4 Å². The van der Waals surface area contributed by atoms with E-state index >= 15 is 0 Å². The van der Waals surface area contributed by atoms with Gasteiger partial charge in [-0.15, -0.1) is 11.8 Å². The highest BCUT2D eigenvalue weighted by Crippen LogP contribution is 2.26. The first-order valence-corrected chi connectivity index (χ1v) is 8.21. The minimum atomic E-state index is -0.207. The summed E-state index contributed by atoms with van der Waals surface area (Å²) in [4.78, 5) is 20.6. The number of rotatable bonds is 5. The lowest BCUT2D eigenvalue weighted by atomic mass is 10.2. The summed E-state index contributed by atoms with van der Waals surface area (Å²) in [7, 11) is 0. The fraction of sp³-hybridized carbons (Fsp3) is 0.429. The average molecular weight is 320 g/mol. The molecule has 0 radical (unpaired) electrons. The highest BCUT2D eigenvalue weighted by atomic mass is 32.2. The second-order valence-corrected chi connectivity index (χ2v) is 5.59. The Morgan fingerprint density at radius 3 is 3.23 bits per heavy atom. The Kier molecular flexibility index (Phi) is 4.69. The van der Waals surface area contributed by atoms with Crippen LogP contribution in [0.25, 0.3) is 0 Å². The van der Waals surface area contributed by atoms with E-state index in [-0.39, 0.29) is 18.6 Å². The minimum absolute atomic E-state index is 0.113. The molecule has 3 rings (SSSR count). The van der Waals surface area contributed by atoms with Gasteiger partial charge in [0.05, 0.1) is 12.1 Å². The molecule has 1 amide bonds. The summed E-state index contributed by atoms with van der Waals surface area (Å²) in [6.45, 7) is 0.926. The van der Waals surface area contributed by atoms with Crippen molar-refractivity contribution in [2.24, 2.45) is 0 Å². The molecular weight excluding hydrogens is 304 g/mol. The molecule has 0 spiro atoms. The zero-order valence-corrected chi connectivity index (χ0v) is 12.9. The third-order valence-electron chi connectivity index (χ3n) is 3.31. The Morgan fingerprint density at radius 1 is 1.55 bits per heavy atom. The molecule has 8 heteroatoms. The van der Waals surface area contributed by atoms with Crippen LogP contribution in [0.2, 0.25) is 0 Å². The van der Waals surface area contributed by atoms with Gasteiger partial charge in [0.1, 0.15) is 11.1 Å².